The van der Waals surface area contributed by atoms with Crippen molar-refractivity contribution in [1.29, 1.82) is 0 Å². The average molecular weight is 406 g/mol. The molecule has 0 bridgehead atoms. The highest BCUT2D eigenvalue weighted by Gasteiger charge is 2.24. The van der Waals surface area contributed by atoms with Crippen LogP contribution >= 0.6 is 0 Å². The summed E-state index contributed by atoms with van der Waals surface area (Å²) < 4.78 is 5.69. The molecule has 156 valence electrons. The van der Waals surface area contributed by atoms with Crippen molar-refractivity contribution in [3.63, 3.8) is 0 Å². The number of nitrogens with zero attached hydrogens (tertiary/aromatic N) is 6. The number of aliphatic hydroxyl groups is 1. The van der Waals surface area contributed by atoms with Crippen LogP contribution < -0.4 is 9.80 Å². The van der Waals surface area contributed by atoms with E-state index in [0.717, 1.165) is 61.9 Å². The molecule has 2 fully saturated rings. The van der Waals surface area contributed by atoms with Crippen molar-refractivity contribution in [2.24, 2.45) is 5.92 Å². The van der Waals surface area contributed by atoms with E-state index in [9.17, 15) is 5.11 Å². The Labute approximate surface area is 175 Å². The summed E-state index contributed by atoms with van der Waals surface area (Å²) in [5.74, 6) is 2.36. The van der Waals surface area contributed by atoms with Gasteiger partial charge in [0.2, 0.25) is 11.9 Å². The zero-order chi connectivity index (χ0) is 20.3. The third-order valence-corrected chi connectivity index (χ3v) is 5.90. The predicted octanol–water partition coefficient (Wildman–Crippen LogP) is 3.00. The van der Waals surface area contributed by atoms with E-state index in [1.54, 1.807) is 12.5 Å². The molecule has 1 N–H and O–H groups in total. The van der Waals surface area contributed by atoms with E-state index in [4.69, 9.17) is 14.4 Å². The number of aromatic nitrogens is 4. The second-order valence-corrected chi connectivity index (χ2v) is 7.98. The van der Waals surface area contributed by atoms with Crippen LogP contribution in [0.3, 0.4) is 0 Å². The van der Waals surface area contributed by atoms with Gasteiger partial charge in [-0.05, 0) is 49.8 Å². The number of aliphatic hydroxyl groups excluding tert-OH is 1. The van der Waals surface area contributed by atoms with Crippen molar-refractivity contribution < 1.29 is 9.52 Å². The third kappa shape index (κ3) is 3.75. The lowest BCUT2D eigenvalue weighted by molar-refractivity contribution is 0.208. The highest BCUT2D eigenvalue weighted by Crippen LogP contribution is 2.32. The van der Waals surface area contributed by atoms with Gasteiger partial charge in [0.05, 0.1) is 12.0 Å². The Kier molecular flexibility index (Phi) is 5.31. The first-order chi connectivity index (χ1) is 14.8. The van der Waals surface area contributed by atoms with Gasteiger partial charge in [0.25, 0.3) is 0 Å². The van der Waals surface area contributed by atoms with Crippen molar-refractivity contribution >= 4 is 11.9 Å². The van der Waals surface area contributed by atoms with E-state index < -0.39 is 0 Å². The maximum absolute atomic E-state index is 9.57. The maximum atomic E-state index is 9.57. The van der Waals surface area contributed by atoms with E-state index in [1.165, 1.54) is 12.8 Å². The lowest BCUT2D eigenvalue weighted by Gasteiger charge is -2.32. The number of furan rings is 1. The van der Waals surface area contributed by atoms with Crippen molar-refractivity contribution in [3.05, 3.63) is 36.9 Å². The van der Waals surface area contributed by atoms with Crippen LogP contribution in [0.15, 0.2) is 41.3 Å². The van der Waals surface area contributed by atoms with Crippen LogP contribution in [0, 0.1) is 5.92 Å². The molecule has 5 rings (SSSR count). The van der Waals surface area contributed by atoms with Gasteiger partial charge in [0, 0.05) is 50.7 Å². The van der Waals surface area contributed by atoms with Gasteiger partial charge < -0.3 is 19.3 Å². The van der Waals surface area contributed by atoms with Gasteiger partial charge in [0.15, 0.2) is 5.76 Å². The second kappa shape index (κ2) is 8.39. The minimum atomic E-state index is 0.194. The highest BCUT2D eigenvalue weighted by molar-refractivity contribution is 5.77. The normalized spacial score (nSPS) is 19.4. The fraction of sp³-hybridized carbons (Fsp3) is 0.455. The summed E-state index contributed by atoms with van der Waals surface area (Å²) in [6.07, 6.45) is 9.69. The molecule has 3 aromatic rings. The fourth-order valence-electron chi connectivity index (χ4n) is 4.28. The van der Waals surface area contributed by atoms with E-state index in [-0.39, 0.29) is 12.5 Å². The Balaban J connectivity index is 1.53. The smallest absolute Gasteiger partial charge is 0.226 e. The Morgan fingerprint density at radius 3 is 2.63 bits per heavy atom. The first-order valence-corrected chi connectivity index (χ1v) is 10.7. The molecule has 3 aromatic heterocycles. The van der Waals surface area contributed by atoms with Gasteiger partial charge in [-0.1, -0.05) is 0 Å². The number of hydrogen-bond acceptors (Lipinski definition) is 8. The lowest BCUT2D eigenvalue weighted by atomic mass is 9.99. The highest BCUT2D eigenvalue weighted by atomic mass is 16.3. The fourth-order valence-corrected chi connectivity index (χ4v) is 4.28. The molecule has 1 unspecified atom stereocenters. The molecular formula is C22H26N6O2. The molecule has 0 radical (unpaired) electrons. The van der Waals surface area contributed by atoms with Crippen LogP contribution in [0.2, 0.25) is 0 Å². The molecule has 0 amide bonds. The van der Waals surface area contributed by atoms with E-state index >= 15 is 0 Å². The summed E-state index contributed by atoms with van der Waals surface area (Å²) in [5.41, 5.74) is 2.34. The molecule has 8 nitrogen and oxygen atoms in total. The molecule has 0 aromatic carbocycles. The standard InChI is InChI=1S/C22H26N6O2/c29-15-16-5-3-11-28(14-16)22-24-13-17(20(26-22)19-6-4-12-30-19)18-7-8-23-21(25-18)27-9-1-2-10-27/h4,6-8,12-13,16,29H,1-3,5,9-11,14-15H2. The topological polar surface area (TPSA) is 91.4 Å². The molecule has 0 aliphatic carbocycles. The Morgan fingerprint density at radius 2 is 1.83 bits per heavy atom. The molecule has 0 spiro atoms. The molecule has 0 saturated carbocycles. The Bertz CT molecular complexity index is 987. The molecule has 5 heterocycles. The summed E-state index contributed by atoms with van der Waals surface area (Å²) in [7, 11) is 0. The van der Waals surface area contributed by atoms with Gasteiger partial charge in [0.1, 0.15) is 5.69 Å². The molecular weight excluding hydrogens is 380 g/mol. The largest absolute Gasteiger partial charge is 0.463 e. The summed E-state index contributed by atoms with van der Waals surface area (Å²) in [6.45, 7) is 3.83. The van der Waals surface area contributed by atoms with Crippen molar-refractivity contribution in [3.8, 4) is 22.7 Å². The summed E-state index contributed by atoms with van der Waals surface area (Å²) in [4.78, 5) is 23.2. The quantitative estimate of drug-likeness (QED) is 0.691. The zero-order valence-corrected chi connectivity index (χ0v) is 16.9. The summed E-state index contributed by atoms with van der Waals surface area (Å²) >= 11 is 0. The van der Waals surface area contributed by atoms with Crippen LogP contribution in [-0.4, -0.2) is 57.8 Å². The van der Waals surface area contributed by atoms with Crippen molar-refractivity contribution in [2.75, 3.05) is 42.6 Å². The van der Waals surface area contributed by atoms with Crippen LogP contribution in [-0.2, 0) is 0 Å². The van der Waals surface area contributed by atoms with Gasteiger partial charge in [-0.2, -0.15) is 0 Å². The van der Waals surface area contributed by atoms with Crippen LogP contribution in [0.1, 0.15) is 25.7 Å². The van der Waals surface area contributed by atoms with Gasteiger partial charge in [-0.25, -0.2) is 19.9 Å². The summed E-state index contributed by atoms with van der Waals surface area (Å²) in [6, 6.07) is 5.66. The van der Waals surface area contributed by atoms with Crippen molar-refractivity contribution in [2.45, 2.75) is 25.7 Å². The monoisotopic (exact) mass is 406 g/mol. The van der Waals surface area contributed by atoms with Gasteiger partial charge in [-0.3, -0.25) is 0 Å². The van der Waals surface area contributed by atoms with Gasteiger partial charge >= 0.3 is 0 Å². The molecule has 2 saturated heterocycles. The summed E-state index contributed by atoms with van der Waals surface area (Å²) in [5, 5.41) is 9.57. The van der Waals surface area contributed by atoms with Crippen molar-refractivity contribution in [1.82, 2.24) is 19.9 Å². The first kappa shape index (κ1) is 19.0. The number of anilines is 2. The van der Waals surface area contributed by atoms with Gasteiger partial charge in [-0.15, -0.1) is 0 Å². The molecule has 8 heteroatoms. The maximum Gasteiger partial charge on any atom is 0.226 e. The lowest BCUT2D eigenvalue weighted by Crippen LogP contribution is -2.37. The third-order valence-electron chi connectivity index (χ3n) is 5.90. The predicted molar refractivity (Wildman–Crippen MR) is 114 cm³/mol. The minimum Gasteiger partial charge on any atom is -0.463 e. The molecule has 2 aliphatic heterocycles. The second-order valence-electron chi connectivity index (χ2n) is 7.98. The molecule has 30 heavy (non-hydrogen) atoms. The first-order valence-electron chi connectivity index (χ1n) is 10.7. The van der Waals surface area contributed by atoms with E-state index in [2.05, 4.69) is 19.8 Å². The van der Waals surface area contributed by atoms with Crippen LogP contribution in [0.25, 0.3) is 22.7 Å². The Hall–Kier alpha value is -3.00. The average Bonchev–Trinajstić information content (AvgIpc) is 3.53. The SMILES string of the molecule is OCC1CCCN(c2ncc(-c3ccnc(N4CCCC4)n3)c(-c3ccco3)n2)C1. The minimum absolute atomic E-state index is 0.194. The zero-order valence-electron chi connectivity index (χ0n) is 16.9. The molecule has 1 atom stereocenters. The van der Waals surface area contributed by atoms with Crippen LogP contribution in [0.4, 0.5) is 11.9 Å². The molecule has 2 aliphatic rings. The Morgan fingerprint density at radius 1 is 1.00 bits per heavy atom. The number of rotatable bonds is 5. The van der Waals surface area contributed by atoms with E-state index in [0.29, 0.717) is 11.7 Å². The van der Waals surface area contributed by atoms with Crippen LogP contribution in [0.5, 0.6) is 0 Å². The number of piperidine rings is 1. The van der Waals surface area contributed by atoms with E-state index in [1.807, 2.05) is 24.4 Å². The number of hydrogen-bond donors (Lipinski definition) is 1.